The first kappa shape index (κ1) is 20.8. The van der Waals surface area contributed by atoms with Gasteiger partial charge in [0.1, 0.15) is 18.2 Å². The van der Waals surface area contributed by atoms with Crippen molar-refractivity contribution in [3.63, 3.8) is 0 Å². The van der Waals surface area contributed by atoms with Gasteiger partial charge in [0.25, 0.3) is 0 Å². The highest BCUT2D eigenvalue weighted by Crippen LogP contribution is 2.37. The third-order valence-corrected chi connectivity index (χ3v) is 6.56. The van der Waals surface area contributed by atoms with E-state index in [0.717, 1.165) is 43.0 Å². The Kier molecular flexibility index (Phi) is 5.75. The van der Waals surface area contributed by atoms with Gasteiger partial charge in [0.2, 0.25) is 17.7 Å². The van der Waals surface area contributed by atoms with Gasteiger partial charge in [-0.25, -0.2) is 9.97 Å². The van der Waals surface area contributed by atoms with E-state index in [1.165, 1.54) is 4.90 Å². The second-order valence-electron chi connectivity index (χ2n) is 9.01. The van der Waals surface area contributed by atoms with Crippen molar-refractivity contribution in [1.82, 2.24) is 19.8 Å². The van der Waals surface area contributed by atoms with E-state index in [-0.39, 0.29) is 42.0 Å². The van der Waals surface area contributed by atoms with E-state index in [9.17, 15) is 14.4 Å². The predicted octanol–water partition coefficient (Wildman–Crippen LogP) is 1.73. The number of carbonyl (C=O) groups is 3. The molecule has 3 fully saturated rings. The lowest BCUT2D eigenvalue weighted by Crippen LogP contribution is -2.52. The number of rotatable bonds is 4. The van der Waals surface area contributed by atoms with Crippen LogP contribution in [0.1, 0.15) is 57.0 Å². The number of imide groups is 1. The van der Waals surface area contributed by atoms with Gasteiger partial charge in [-0.3, -0.25) is 19.3 Å². The van der Waals surface area contributed by atoms with Crippen LogP contribution in [0.25, 0.3) is 0 Å². The molecule has 1 aliphatic carbocycles. The van der Waals surface area contributed by atoms with Crippen molar-refractivity contribution in [2.24, 2.45) is 11.8 Å². The number of carbonyl (C=O) groups excluding carboxylic acids is 3. The van der Waals surface area contributed by atoms with Gasteiger partial charge in [-0.1, -0.05) is 26.7 Å². The summed E-state index contributed by atoms with van der Waals surface area (Å²) in [5, 5.41) is 0. The smallest absolute Gasteiger partial charge is 0.242 e. The standard InChI is InChI=1S/C22H31N5O3/c1-14(2)20-23-15(3)12-18(24-20)25-8-10-26(11-9-25)19(28)13-27-21(29)16-6-4-5-7-17(16)22(27)30/h12,14,16-17H,4-11,13H2,1-3H3/t16-,17-/m1/s1. The average molecular weight is 414 g/mol. The number of likely N-dealkylation sites (tertiary alicyclic amines) is 1. The molecule has 0 radical (unpaired) electrons. The molecule has 0 N–H and O–H groups in total. The highest BCUT2D eigenvalue weighted by Gasteiger charge is 2.48. The quantitative estimate of drug-likeness (QED) is 0.699. The van der Waals surface area contributed by atoms with E-state index in [2.05, 4.69) is 28.7 Å². The summed E-state index contributed by atoms with van der Waals surface area (Å²) in [6, 6.07) is 1.98. The van der Waals surface area contributed by atoms with Crippen LogP contribution in [0.4, 0.5) is 5.82 Å². The molecular weight excluding hydrogens is 382 g/mol. The second kappa shape index (κ2) is 8.32. The van der Waals surface area contributed by atoms with Crippen molar-refractivity contribution in [2.45, 2.75) is 52.4 Å². The zero-order valence-corrected chi connectivity index (χ0v) is 18.1. The van der Waals surface area contributed by atoms with Crippen molar-refractivity contribution in [1.29, 1.82) is 0 Å². The zero-order chi connectivity index (χ0) is 21.4. The molecule has 162 valence electrons. The third kappa shape index (κ3) is 3.91. The first-order valence-corrected chi connectivity index (χ1v) is 11.1. The molecule has 3 heterocycles. The summed E-state index contributed by atoms with van der Waals surface area (Å²) in [5.74, 6) is 1.15. The molecule has 2 atom stereocenters. The van der Waals surface area contributed by atoms with Crippen LogP contribution in [0.2, 0.25) is 0 Å². The predicted molar refractivity (Wildman–Crippen MR) is 112 cm³/mol. The summed E-state index contributed by atoms with van der Waals surface area (Å²) in [4.78, 5) is 52.4. The second-order valence-corrected chi connectivity index (χ2v) is 9.01. The Morgan fingerprint density at radius 3 is 2.20 bits per heavy atom. The van der Waals surface area contributed by atoms with E-state index < -0.39 is 0 Å². The van der Waals surface area contributed by atoms with E-state index in [0.29, 0.717) is 26.2 Å². The van der Waals surface area contributed by atoms with Crippen molar-refractivity contribution < 1.29 is 14.4 Å². The Hall–Kier alpha value is -2.51. The number of nitrogens with zero attached hydrogens (tertiary/aromatic N) is 5. The third-order valence-electron chi connectivity index (χ3n) is 6.56. The van der Waals surface area contributed by atoms with Crippen molar-refractivity contribution in [3.05, 3.63) is 17.6 Å². The molecule has 3 aliphatic rings. The van der Waals surface area contributed by atoms with Crippen molar-refractivity contribution in [2.75, 3.05) is 37.6 Å². The van der Waals surface area contributed by atoms with Crippen LogP contribution in [0.15, 0.2) is 6.07 Å². The van der Waals surface area contributed by atoms with Gasteiger partial charge in [-0.2, -0.15) is 0 Å². The number of hydrogen-bond acceptors (Lipinski definition) is 6. The van der Waals surface area contributed by atoms with Crippen LogP contribution in [0, 0.1) is 18.8 Å². The van der Waals surface area contributed by atoms with E-state index in [1.807, 2.05) is 13.0 Å². The van der Waals surface area contributed by atoms with E-state index in [4.69, 9.17) is 0 Å². The van der Waals surface area contributed by atoms with Gasteiger partial charge in [0, 0.05) is 43.9 Å². The summed E-state index contributed by atoms with van der Waals surface area (Å²) in [7, 11) is 0. The summed E-state index contributed by atoms with van der Waals surface area (Å²) < 4.78 is 0. The monoisotopic (exact) mass is 413 g/mol. The molecule has 4 rings (SSSR count). The average Bonchev–Trinajstić information content (AvgIpc) is 2.98. The molecule has 0 aromatic carbocycles. The fraction of sp³-hybridized carbons (Fsp3) is 0.682. The molecule has 0 spiro atoms. The molecule has 8 nitrogen and oxygen atoms in total. The highest BCUT2D eigenvalue weighted by molar-refractivity contribution is 6.07. The molecule has 2 aliphatic heterocycles. The number of fused-ring (bicyclic) bond motifs is 1. The first-order chi connectivity index (χ1) is 14.3. The number of hydrogen-bond donors (Lipinski definition) is 0. The van der Waals surface area contributed by atoms with Gasteiger partial charge in [-0.15, -0.1) is 0 Å². The maximum Gasteiger partial charge on any atom is 0.242 e. The molecular formula is C22H31N5O3. The zero-order valence-electron chi connectivity index (χ0n) is 18.1. The molecule has 30 heavy (non-hydrogen) atoms. The molecule has 2 saturated heterocycles. The van der Waals surface area contributed by atoms with Gasteiger partial charge in [-0.05, 0) is 19.8 Å². The summed E-state index contributed by atoms with van der Waals surface area (Å²) in [6.07, 6.45) is 3.53. The maximum atomic E-state index is 12.8. The number of amides is 3. The topological polar surface area (TPSA) is 86.7 Å². The highest BCUT2D eigenvalue weighted by atomic mass is 16.2. The largest absolute Gasteiger partial charge is 0.353 e. The minimum Gasteiger partial charge on any atom is -0.353 e. The normalized spacial score (nSPS) is 24.6. The summed E-state index contributed by atoms with van der Waals surface area (Å²) in [5.41, 5.74) is 0.940. The Bertz CT molecular complexity index is 823. The molecule has 3 amide bonds. The SMILES string of the molecule is Cc1cc(N2CCN(C(=O)CN3C(=O)[C@@H]4CCCC[C@H]4C3=O)CC2)nc(C(C)C)n1. The number of aryl methyl sites for hydroxylation is 1. The molecule has 1 saturated carbocycles. The Morgan fingerprint density at radius 2 is 1.63 bits per heavy atom. The number of anilines is 1. The lowest BCUT2D eigenvalue weighted by atomic mass is 9.81. The Morgan fingerprint density at radius 1 is 1.03 bits per heavy atom. The lowest BCUT2D eigenvalue weighted by Gasteiger charge is -2.36. The van der Waals surface area contributed by atoms with E-state index >= 15 is 0 Å². The lowest BCUT2D eigenvalue weighted by molar-refractivity contribution is -0.146. The molecule has 1 aromatic rings. The fourth-order valence-electron chi connectivity index (χ4n) is 4.80. The van der Waals surface area contributed by atoms with Crippen LogP contribution < -0.4 is 4.90 Å². The van der Waals surface area contributed by atoms with Crippen molar-refractivity contribution >= 4 is 23.5 Å². The molecule has 0 unspecified atom stereocenters. The Labute approximate surface area is 177 Å². The molecule has 0 bridgehead atoms. The van der Waals surface area contributed by atoms with Crippen LogP contribution in [0.3, 0.4) is 0 Å². The van der Waals surface area contributed by atoms with Crippen molar-refractivity contribution in [3.8, 4) is 0 Å². The van der Waals surface area contributed by atoms with Crippen LogP contribution >= 0.6 is 0 Å². The minimum atomic E-state index is -0.202. The Balaban J connectivity index is 1.36. The van der Waals surface area contributed by atoms with Crippen LogP contribution in [-0.2, 0) is 14.4 Å². The number of aromatic nitrogens is 2. The van der Waals surface area contributed by atoms with Crippen LogP contribution in [-0.4, -0.2) is 70.2 Å². The fourth-order valence-corrected chi connectivity index (χ4v) is 4.80. The summed E-state index contributed by atoms with van der Waals surface area (Å²) >= 11 is 0. The van der Waals surface area contributed by atoms with Crippen LogP contribution in [0.5, 0.6) is 0 Å². The van der Waals surface area contributed by atoms with E-state index in [1.54, 1.807) is 4.90 Å². The molecule has 1 aromatic heterocycles. The van der Waals surface area contributed by atoms with Gasteiger partial charge in [0.15, 0.2) is 0 Å². The summed E-state index contributed by atoms with van der Waals surface area (Å²) in [6.45, 7) is 8.47. The number of piperazine rings is 1. The van der Waals surface area contributed by atoms with Gasteiger partial charge >= 0.3 is 0 Å². The minimum absolute atomic E-state index is 0.116. The first-order valence-electron chi connectivity index (χ1n) is 11.1. The molecule has 8 heteroatoms. The van der Waals surface area contributed by atoms with Gasteiger partial charge in [0.05, 0.1) is 11.8 Å². The van der Waals surface area contributed by atoms with Gasteiger partial charge < -0.3 is 9.80 Å². The maximum absolute atomic E-state index is 12.8.